The van der Waals surface area contributed by atoms with Crippen molar-refractivity contribution in [2.45, 2.75) is 6.92 Å². The van der Waals surface area contributed by atoms with Crippen molar-refractivity contribution < 1.29 is 18.7 Å². The number of carbonyl (C=O) groups excluding carboxylic acids is 2. The number of Topliss-reactive ketones (excluding diaryl/α,β-unsaturated/α-hetero) is 1. The van der Waals surface area contributed by atoms with Crippen molar-refractivity contribution in [1.29, 1.82) is 0 Å². The smallest absolute Gasteiger partial charge is 0.339 e. The molecule has 0 unspecified atom stereocenters. The van der Waals surface area contributed by atoms with Crippen LogP contribution in [0.2, 0.25) is 0 Å². The summed E-state index contributed by atoms with van der Waals surface area (Å²) in [6.07, 6.45) is 0. The number of ether oxygens (including phenoxy) is 1. The molecule has 0 N–H and O–H groups in total. The zero-order valence-electron chi connectivity index (χ0n) is 14.2. The van der Waals surface area contributed by atoms with Gasteiger partial charge in [-0.3, -0.25) is 4.79 Å². The molecule has 0 bridgehead atoms. The van der Waals surface area contributed by atoms with Gasteiger partial charge in [0, 0.05) is 0 Å². The van der Waals surface area contributed by atoms with E-state index >= 15 is 0 Å². The summed E-state index contributed by atoms with van der Waals surface area (Å²) in [6.45, 7) is 1.47. The van der Waals surface area contributed by atoms with Gasteiger partial charge >= 0.3 is 5.97 Å². The number of benzene rings is 3. The summed E-state index contributed by atoms with van der Waals surface area (Å²) in [5.41, 5.74) is 2.98. The van der Waals surface area contributed by atoms with Crippen LogP contribution in [0.25, 0.3) is 11.1 Å². The number of hydrogen-bond donors (Lipinski definition) is 0. The van der Waals surface area contributed by atoms with E-state index in [1.165, 1.54) is 18.2 Å². The van der Waals surface area contributed by atoms with E-state index in [0.717, 1.165) is 16.7 Å². The maximum atomic E-state index is 13.6. The van der Waals surface area contributed by atoms with Crippen molar-refractivity contribution in [3.8, 4) is 11.1 Å². The maximum absolute atomic E-state index is 13.6. The second-order valence-electron chi connectivity index (χ2n) is 5.89. The Morgan fingerprint density at radius 1 is 0.846 bits per heavy atom. The average molecular weight is 348 g/mol. The van der Waals surface area contributed by atoms with Crippen LogP contribution >= 0.6 is 0 Å². The Morgan fingerprint density at radius 2 is 1.46 bits per heavy atom. The topological polar surface area (TPSA) is 43.4 Å². The van der Waals surface area contributed by atoms with E-state index in [4.69, 9.17) is 4.74 Å². The van der Waals surface area contributed by atoms with Gasteiger partial charge in [-0.05, 0) is 36.2 Å². The fourth-order valence-corrected chi connectivity index (χ4v) is 2.62. The van der Waals surface area contributed by atoms with Crippen LogP contribution in [-0.4, -0.2) is 18.4 Å². The molecule has 26 heavy (non-hydrogen) atoms. The highest BCUT2D eigenvalue weighted by atomic mass is 19.1. The molecule has 0 fully saturated rings. The lowest BCUT2D eigenvalue weighted by Gasteiger charge is -2.10. The Balaban J connectivity index is 1.78. The summed E-state index contributed by atoms with van der Waals surface area (Å²) in [6, 6.07) is 20.4. The molecule has 4 heteroatoms. The van der Waals surface area contributed by atoms with E-state index in [9.17, 15) is 14.0 Å². The van der Waals surface area contributed by atoms with Crippen molar-refractivity contribution in [3.63, 3.8) is 0 Å². The van der Waals surface area contributed by atoms with Crippen molar-refractivity contribution >= 4 is 11.8 Å². The first kappa shape index (κ1) is 17.5. The highest BCUT2D eigenvalue weighted by Gasteiger charge is 2.17. The fraction of sp³-hybridized carbons (Fsp3) is 0.0909. The average Bonchev–Trinajstić information content (AvgIpc) is 2.67. The van der Waals surface area contributed by atoms with Gasteiger partial charge in [-0.15, -0.1) is 0 Å². The summed E-state index contributed by atoms with van der Waals surface area (Å²) in [5, 5.41) is 0. The summed E-state index contributed by atoms with van der Waals surface area (Å²) in [4.78, 5) is 24.5. The largest absolute Gasteiger partial charge is 0.454 e. The normalized spacial score (nSPS) is 10.4. The van der Waals surface area contributed by atoms with Crippen molar-refractivity contribution in [1.82, 2.24) is 0 Å². The molecule has 0 spiro atoms. The minimum absolute atomic E-state index is 0.0906. The summed E-state index contributed by atoms with van der Waals surface area (Å²) in [5.74, 6) is -1.83. The summed E-state index contributed by atoms with van der Waals surface area (Å²) in [7, 11) is 0. The first-order chi connectivity index (χ1) is 12.6. The van der Waals surface area contributed by atoms with E-state index < -0.39 is 24.2 Å². The molecule has 0 aliphatic rings. The maximum Gasteiger partial charge on any atom is 0.339 e. The number of hydrogen-bond acceptors (Lipinski definition) is 3. The van der Waals surface area contributed by atoms with Gasteiger partial charge < -0.3 is 4.74 Å². The van der Waals surface area contributed by atoms with Gasteiger partial charge in [-0.25, -0.2) is 9.18 Å². The zero-order chi connectivity index (χ0) is 18.5. The van der Waals surface area contributed by atoms with Gasteiger partial charge in [0.25, 0.3) is 0 Å². The molecule has 130 valence electrons. The number of rotatable bonds is 5. The van der Waals surface area contributed by atoms with Crippen LogP contribution in [-0.2, 0) is 4.74 Å². The monoisotopic (exact) mass is 348 g/mol. The van der Waals surface area contributed by atoms with Gasteiger partial charge in [0.2, 0.25) is 5.78 Å². The third kappa shape index (κ3) is 3.86. The molecule has 0 radical (unpaired) electrons. The van der Waals surface area contributed by atoms with E-state index in [1.54, 1.807) is 18.2 Å². The second-order valence-corrected chi connectivity index (χ2v) is 5.89. The third-order valence-corrected chi connectivity index (χ3v) is 4.02. The van der Waals surface area contributed by atoms with Gasteiger partial charge in [-0.1, -0.05) is 60.2 Å². The van der Waals surface area contributed by atoms with Crippen LogP contribution < -0.4 is 0 Å². The number of esters is 1. The predicted molar refractivity (Wildman–Crippen MR) is 97.6 cm³/mol. The molecule has 0 aliphatic heterocycles. The Labute approximate surface area is 151 Å². The van der Waals surface area contributed by atoms with Gasteiger partial charge in [0.1, 0.15) is 5.82 Å². The van der Waals surface area contributed by atoms with E-state index in [-0.39, 0.29) is 5.56 Å². The van der Waals surface area contributed by atoms with Crippen molar-refractivity contribution in [2.24, 2.45) is 0 Å². The molecule has 0 atom stereocenters. The lowest BCUT2D eigenvalue weighted by atomic mass is 9.99. The molecule has 0 aliphatic carbocycles. The molecule has 0 saturated heterocycles. The summed E-state index contributed by atoms with van der Waals surface area (Å²) < 4.78 is 18.8. The van der Waals surface area contributed by atoms with Crippen LogP contribution in [0.15, 0.2) is 72.8 Å². The molecule has 3 nitrogen and oxygen atoms in total. The van der Waals surface area contributed by atoms with E-state index in [2.05, 4.69) is 0 Å². The second kappa shape index (κ2) is 7.74. The quantitative estimate of drug-likeness (QED) is 0.489. The Hall–Kier alpha value is -3.27. The highest BCUT2D eigenvalue weighted by molar-refractivity contribution is 6.01. The van der Waals surface area contributed by atoms with Gasteiger partial charge in [0.05, 0.1) is 11.1 Å². The van der Waals surface area contributed by atoms with Crippen molar-refractivity contribution in [3.05, 3.63) is 95.3 Å². The molecule has 0 amide bonds. The molecule has 3 aromatic carbocycles. The first-order valence-electron chi connectivity index (χ1n) is 8.17. The number of aryl methyl sites for hydroxylation is 1. The molecule has 3 aromatic rings. The van der Waals surface area contributed by atoms with E-state index in [1.807, 2.05) is 43.3 Å². The molecule has 3 rings (SSSR count). The van der Waals surface area contributed by atoms with Gasteiger partial charge in [-0.2, -0.15) is 0 Å². The zero-order valence-corrected chi connectivity index (χ0v) is 14.2. The lowest BCUT2D eigenvalue weighted by Crippen LogP contribution is -2.16. The van der Waals surface area contributed by atoms with Crippen LogP contribution in [0.4, 0.5) is 4.39 Å². The minimum Gasteiger partial charge on any atom is -0.454 e. The number of ketones is 1. The molecule has 0 saturated carbocycles. The van der Waals surface area contributed by atoms with Crippen LogP contribution in [0.5, 0.6) is 0 Å². The molecule has 0 heterocycles. The van der Waals surface area contributed by atoms with Gasteiger partial charge in [0.15, 0.2) is 6.61 Å². The minimum atomic E-state index is -0.631. The number of halogens is 1. The Morgan fingerprint density at radius 3 is 2.15 bits per heavy atom. The van der Waals surface area contributed by atoms with Crippen molar-refractivity contribution in [2.75, 3.05) is 6.61 Å². The first-order valence-corrected chi connectivity index (χ1v) is 8.17. The highest BCUT2D eigenvalue weighted by Crippen LogP contribution is 2.24. The molecular weight excluding hydrogens is 331 g/mol. The fourth-order valence-electron chi connectivity index (χ4n) is 2.62. The Kier molecular flexibility index (Phi) is 5.23. The van der Waals surface area contributed by atoms with Crippen LogP contribution in [0.3, 0.4) is 0 Å². The van der Waals surface area contributed by atoms with Crippen LogP contribution in [0.1, 0.15) is 26.3 Å². The predicted octanol–water partition coefficient (Wildman–Crippen LogP) is 4.84. The third-order valence-electron chi connectivity index (χ3n) is 4.02. The Bertz CT molecular complexity index is 946. The van der Waals surface area contributed by atoms with Crippen LogP contribution in [0, 0.1) is 12.7 Å². The molecular formula is C22H17FO3. The standard InChI is InChI=1S/C22H17FO3/c1-15-10-12-16(13-11-15)17-6-2-3-7-18(17)22(25)26-14-21(24)19-8-4-5-9-20(19)23/h2-13H,14H2,1H3. The SMILES string of the molecule is Cc1ccc(-c2ccccc2C(=O)OCC(=O)c2ccccc2F)cc1. The molecule has 0 aromatic heterocycles. The van der Waals surface area contributed by atoms with E-state index in [0.29, 0.717) is 5.56 Å². The lowest BCUT2D eigenvalue weighted by molar-refractivity contribution is 0.0474. The number of carbonyl (C=O) groups is 2. The summed E-state index contributed by atoms with van der Waals surface area (Å²) >= 11 is 0.